The summed E-state index contributed by atoms with van der Waals surface area (Å²) in [5.41, 5.74) is -1.61. The minimum Gasteiger partial charge on any atom is -0.248 e. The molecule has 0 saturated carbocycles. The molecule has 0 fully saturated rings. The lowest BCUT2D eigenvalue weighted by Crippen LogP contribution is -2.57. The number of hydrogen-bond acceptors (Lipinski definition) is 3. The summed E-state index contributed by atoms with van der Waals surface area (Å²) >= 11 is 0. The first-order valence-electron chi connectivity index (χ1n) is 10.1. The molecule has 0 aromatic carbocycles. The standard InChI is InChI=1S/C20H35N3O3Si/c1-6-11-15-27(10-5,16-12-7-2)17-23-19(25)21(13-8-3)18(24)22(14-9-4)20(23)26/h8-9H,3-4,6-7,10-17H2,1-2,5H3. The highest BCUT2D eigenvalue weighted by atomic mass is 28.3. The minimum atomic E-state index is -1.84. The molecule has 0 unspecified atom stereocenters. The molecular weight excluding hydrogens is 358 g/mol. The quantitative estimate of drug-likeness (QED) is 0.382. The Labute approximate surface area is 162 Å². The average Bonchev–Trinajstić information content (AvgIpc) is 2.67. The molecule has 7 heteroatoms. The van der Waals surface area contributed by atoms with E-state index in [1.54, 1.807) is 0 Å². The van der Waals surface area contributed by atoms with Crippen LogP contribution < -0.4 is 17.1 Å². The van der Waals surface area contributed by atoms with Crippen molar-refractivity contribution in [2.24, 2.45) is 0 Å². The van der Waals surface area contributed by atoms with Gasteiger partial charge in [0.05, 0.1) is 21.2 Å². The molecular formula is C20H35N3O3Si. The lowest BCUT2D eigenvalue weighted by Gasteiger charge is -2.31. The van der Waals surface area contributed by atoms with Crippen LogP contribution >= 0.6 is 0 Å². The van der Waals surface area contributed by atoms with Crippen molar-refractivity contribution in [2.45, 2.75) is 83.8 Å². The van der Waals surface area contributed by atoms with Crippen molar-refractivity contribution in [1.29, 1.82) is 0 Å². The van der Waals surface area contributed by atoms with E-state index in [4.69, 9.17) is 0 Å². The predicted octanol–water partition coefficient (Wildman–Crippen LogP) is 3.15. The molecule has 0 aliphatic carbocycles. The maximum atomic E-state index is 13.0. The van der Waals surface area contributed by atoms with Gasteiger partial charge >= 0.3 is 17.1 Å². The fourth-order valence-electron chi connectivity index (χ4n) is 3.58. The number of allylic oxidation sites excluding steroid dienone is 2. The Balaban J connectivity index is 3.58. The van der Waals surface area contributed by atoms with E-state index in [-0.39, 0.29) is 13.1 Å². The number of rotatable bonds is 13. The van der Waals surface area contributed by atoms with Gasteiger partial charge in [0.2, 0.25) is 0 Å². The molecule has 0 amide bonds. The fraction of sp³-hybridized carbons (Fsp3) is 0.650. The second kappa shape index (κ2) is 11.1. The molecule has 1 rings (SSSR count). The van der Waals surface area contributed by atoms with Crippen LogP contribution in [-0.2, 0) is 19.3 Å². The van der Waals surface area contributed by atoms with Crippen molar-refractivity contribution in [3.05, 3.63) is 56.8 Å². The summed E-state index contributed by atoms with van der Waals surface area (Å²) in [6.07, 6.45) is 7.94. The molecule has 1 aromatic heterocycles. The van der Waals surface area contributed by atoms with Gasteiger partial charge in [-0.2, -0.15) is 0 Å². The second-order valence-corrected chi connectivity index (χ2v) is 12.3. The average molecular weight is 394 g/mol. The predicted molar refractivity (Wildman–Crippen MR) is 115 cm³/mol. The fourth-order valence-corrected chi connectivity index (χ4v) is 8.22. The maximum absolute atomic E-state index is 13.0. The van der Waals surface area contributed by atoms with E-state index in [0.29, 0.717) is 6.17 Å². The van der Waals surface area contributed by atoms with E-state index in [1.807, 2.05) is 0 Å². The second-order valence-electron chi connectivity index (χ2n) is 7.29. The van der Waals surface area contributed by atoms with E-state index in [1.165, 1.54) is 16.7 Å². The van der Waals surface area contributed by atoms with E-state index in [0.717, 1.165) is 52.9 Å². The van der Waals surface area contributed by atoms with E-state index >= 15 is 0 Å². The minimum absolute atomic E-state index is 0.0969. The van der Waals surface area contributed by atoms with Gasteiger partial charge in [-0.3, -0.25) is 0 Å². The summed E-state index contributed by atoms with van der Waals surface area (Å²) in [4.78, 5) is 38.5. The molecule has 1 aromatic rings. The highest BCUT2D eigenvalue weighted by molar-refractivity contribution is 6.78. The van der Waals surface area contributed by atoms with Crippen molar-refractivity contribution < 1.29 is 0 Å². The zero-order valence-electron chi connectivity index (χ0n) is 17.2. The number of nitrogens with zero attached hydrogens (tertiary/aromatic N) is 3. The molecule has 0 bridgehead atoms. The molecule has 0 N–H and O–H groups in total. The van der Waals surface area contributed by atoms with E-state index in [9.17, 15) is 14.4 Å². The van der Waals surface area contributed by atoms with Gasteiger partial charge in [0.15, 0.2) is 0 Å². The Morgan fingerprint density at radius 2 is 1.19 bits per heavy atom. The summed E-state index contributed by atoms with van der Waals surface area (Å²) in [5.74, 6) is 0. The van der Waals surface area contributed by atoms with Gasteiger partial charge in [0.25, 0.3) is 0 Å². The van der Waals surface area contributed by atoms with Crippen molar-refractivity contribution in [3.63, 3.8) is 0 Å². The van der Waals surface area contributed by atoms with E-state index in [2.05, 4.69) is 33.9 Å². The molecule has 152 valence electrons. The Bertz CT molecular complexity index is 748. The van der Waals surface area contributed by atoms with Crippen LogP contribution in [0.15, 0.2) is 39.7 Å². The number of hydrogen-bond donors (Lipinski definition) is 0. The lowest BCUT2D eigenvalue weighted by molar-refractivity contribution is 0.504. The largest absolute Gasteiger partial charge is 0.336 e. The van der Waals surface area contributed by atoms with Crippen LogP contribution in [0.1, 0.15) is 46.5 Å². The van der Waals surface area contributed by atoms with Gasteiger partial charge in [0, 0.05) is 6.17 Å². The molecule has 0 saturated heterocycles. The molecule has 0 spiro atoms. The highest BCUT2D eigenvalue weighted by Gasteiger charge is 2.32. The van der Waals surface area contributed by atoms with Crippen LogP contribution in [0.3, 0.4) is 0 Å². The van der Waals surface area contributed by atoms with Gasteiger partial charge in [0.1, 0.15) is 0 Å². The van der Waals surface area contributed by atoms with Gasteiger partial charge < -0.3 is 0 Å². The highest BCUT2D eigenvalue weighted by Crippen LogP contribution is 2.27. The van der Waals surface area contributed by atoms with Crippen LogP contribution in [0.4, 0.5) is 0 Å². The Hall–Kier alpha value is -1.89. The summed E-state index contributed by atoms with van der Waals surface area (Å²) in [5, 5.41) is 0. The van der Waals surface area contributed by atoms with Gasteiger partial charge in [-0.05, 0) is 0 Å². The van der Waals surface area contributed by atoms with Crippen molar-refractivity contribution >= 4 is 8.07 Å². The maximum Gasteiger partial charge on any atom is 0.336 e. The third-order valence-corrected chi connectivity index (χ3v) is 10.7. The monoisotopic (exact) mass is 393 g/mol. The Morgan fingerprint density at radius 3 is 1.52 bits per heavy atom. The third-order valence-electron chi connectivity index (χ3n) is 5.37. The molecule has 0 radical (unpaired) electrons. The van der Waals surface area contributed by atoms with Crippen LogP contribution in [0.2, 0.25) is 18.1 Å². The summed E-state index contributed by atoms with van der Waals surface area (Å²) in [6, 6.07) is 3.24. The first kappa shape index (κ1) is 23.1. The number of unbranched alkanes of at least 4 members (excludes halogenated alkanes) is 2. The zero-order valence-corrected chi connectivity index (χ0v) is 18.2. The SMILES string of the molecule is C=CCn1c(=O)n(CC=C)c(=O)n(C[Si](CC)(CCCC)CCCC)c1=O. The normalized spacial score (nSPS) is 11.5. The molecule has 27 heavy (non-hydrogen) atoms. The zero-order chi connectivity index (χ0) is 20.4. The van der Waals surface area contributed by atoms with Crippen LogP contribution in [0.25, 0.3) is 0 Å². The van der Waals surface area contributed by atoms with Crippen molar-refractivity contribution in [3.8, 4) is 0 Å². The summed E-state index contributed by atoms with van der Waals surface area (Å²) in [6.45, 7) is 14.0. The third kappa shape index (κ3) is 5.54. The topological polar surface area (TPSA) is 66.0 Å². The molecule has 6 nitrogen and oxygen atoms in total. The molecule has 0 atom stereocenters. The molecule has 0 aliphatic heterocycles. The number of aromatic nitrogens is 3. The first-order valence-corrected chi connectivity index (χ1v) is 12.9. The lowest BCUT2D eigenvalue weighted by atomic mass is 10.4. The molecule has 0 aliphatic rings. The first-order chi connectivity index (χ1) is 12.9. The van der Waals surface area contributed by atoms with Gasteiger partial charge in [-0.1, -0.05) is 76.7 Å². The van der Waals surface area contributed by atoms with Crippen LogP contribution in [0, 0.1) is 0 Å². The summed E-state index contributed by atoms with van der Waals surface area (Å²) < 4.78 is 3.52. The van der Waals surface area contributed by atoms with Gasteiger partial charge in [-0.25, -0.2) is 28.1 Å². The van der Waals surface area contributed by atoms with E-state index < -0.39 is 25.1 Å². The summed E-state index contributed by atoms with van der Waals surface area (Å²) in [7, 11) is -1.84. The smallest absolute Gasteiger partial charge is 0.248 e. The molecule has 1 heterocycles. The van der Waals surface area contributed by atoms with Crippen molar-refractivity contribution in [1.82, 2.24) is 13.7 Å². The van der Waals surface area contributed by atoms with Gasteiger partial charge in [-0.15, -0.1) is 13.2 Å². The Kier molecular flexibility index (Phi) is 9.49. The van der Waals surface area contributed by atoms with Crippen LogP contribution in [-0.4, -0.2) is 21.8 Å². The van der Waals surface area contributed by atoms with Crippen molar-refractivity contribution in [2.75, 3.05) is 0 Å². The van der Waals surface area contributed by atoms with Crippen LogP contribution in [0.5, 0.6) is 0 Å². The Morgan fingerprint density at radius 1 is 0.778 bits per heavy atom.